The zero-order valence-corrected chi connectivity index (χ0v) is 9.74. The van der Waals surface area contributed by atoms with E-state index in [4.69, 9.17) is 4.74 Å². The summed E-state index contributed by atoms with van der Waals surface area (Å²) >= 11 is 0. The average Bonchev–Trinajstić information content (AvgIpc) is 2.35. The normalized spacial score (nSPS) is 19.2. The zero-order valence-electron chi connectivity index (χ0n) is 9.74. The number of methoxy groups -OCH3 is 1. The van der Waals surface area contributed by atoms with Crippen molar-refractivity contribution < 1.29 is 9.53 Å². The van der Waals surface area contributed by atoms with Crippen molar-refractivity contribution in [1.82, 2.24) is 0 Å². The lowest BCUT2D eigenvalue weighted by Gasteiger charge is -2.23. The van der Waals surface area contributed by atoms with Crippen LogP contribution in [-0.4, -0.2) is 19.5 Å². The summed E-state index contributed by atoms with van der Waals surface area (Å²) in [5.41, 5.74) is 2.77. The van der Waals surface area contributed by atoms with Crippen molar-refractivity contribution in [3.8, 4) is 0 Å². The molecule has 0 saturated heterocycles. The average molecular weight is 218 g/mol. The SMILES string of the molecule is COCCC(=O)C1CCc2ccccc2C1. The highest BCUT2D eigenvalue weighted by atomic mass is 16.5. The molecule has 1 atom stereocenters. The first-order chi connectivity index (χ1) is 7.81. The number of hydrogen-bond donors (Lipinski definition) is 0. The van der Waals surface area contributed by atoms with E-state index in [9.17, 15) is 4.79 Å². The second kappa shape index (κ2) is 5.26. The van der Waals surface area contributed by atoms with Crippen LogP contribution in [0.15, 0.2) is 24.3 Å². The van der Waals surface area contributed by atoms with E-state index in [1.165, 1.54) is 11.1 Å². The van der Waals surface area contributed by atoms with Crippen LogP contribution in [0.3, 0.4) is 0 Å². The summed E-state index contributed by atoms with van der Waals surface area (Å²) in [7, 11) is 1.64. The van der Waals surface area contributed by atoms with Gasteiger partial charge in [-0.05, 0) is 30.4 Å². The summed E-state index contributed by atoms with van der Waals surface area (Å²) in [6, 6.07) is 8.45. The molecule has 1 aromatic carbocycles. The first-order valence-electron chi connectivity index (χ1n) is 5.89. The van der Waals surface area contributed by atoms with E-state index in [2.05, 4.69) is 24.3 Å². The van der Waals surface area contributed by atoms with Crippen LogP contribution in [0, 0.1) is 5.92 Å². The Labute approximate surface area is 96.6 Å². The molecule has 0 fully saturated rings. The molecular weight excluding hydrogens is 200 g/mol. The van der Waals surface area contributed by atoms with Crippen LogP contribution in [0.2, 0.25) is 0 Å². The van der Waals surface area contributed by atoms with Gasteiger partial charge in [0.15, 0.2) is 0 Å². The van der Waals surface area contributed by atoms with Crippen LogP contribution in [0.4, 0.5) is 0 Å². The fourth-order valence-electron chi connectivity index (χ4n) is 2.38. The summed E-state index contributed by atoms with van der Waals surface area (Å²) in [6.45, 7) is 0.553. The lowest BCUT2D eigenvalue weighted by Crippen LogP contribution is -2.23. The molecule has 0 saturated carbocycles. The van der Waals surface area contributed by atoms with Crippen molar-refractivity contribution >= 4 is 5.78 Å². The molecule has 0 N–H and O–H groups in total. The number of Topliss-reactive ketones (excluding diaryl/α,β-unsaturated/α-hetero) is 1. The van der Waals surface area contributed by atoms with Crippen LogP contribution in [0.25, 0.3) is 0 Å². The number of ether oxygens (including phenoxy) is 1. The summed E-state index contributed by atoms with van der Waals surface area (Å²) in [5.74, 6) is 0.571. The van der Waals surface area contributed by atoms with Gasteiger partial charge in [0.1, 0.15) is 5.78 Å². The largest absolute Gasteiger partial charge is 0.384 e. The number of rotatable bonds is 4. The summed E-state index contributed by atoms with van der Waals surface area (Å²) in [6.07, 6.45) is 3.52. The van der Waals surface area contributed by atoms with Gasteiger partial charge in [-0.1, -0.05) is 24.3 Å². The second-order valence-electron chi connectivity index (χ2n) is 4.42. The molecule has 1 aliphatic carbocycles. The quantitative estimate of drug-likeness (QED) is 0.775. The third-order valence-electron chi connectivity index (χ3n) is 3.35. The van der Waals surface area contributed by atoms with Gasteiger partial charge in [-0.2, -0.15) is 0 Å². The van der Waals surface area contributed by atoms with Crippen LogP contribution in [0.1, 0.15) is 24.0 Å². The number of carbonyl (C=O) groups excluding carboxylic acids is 1. The maximum atomic E-state index is 11.9. The van der Waals surface area contributed by atoms with E-state index in [1.54, 1.807) is 7.11 Å². The highest BCUT2D eigenvalue weighted by Crippen LogP contribution is 2.26. The van der Waals surface area contributed by atoms with Crippen molar-refractivity contribution in [1.29, 1.82) is 0 Å². The van der Waals surface area contributed by atoms with E-state index in [0.717, 1.165) is 19.3 Å². The molecule has 0 aromatic heterocycles. The van der Waals surface area contributed by atoms with E-state index >= 15 is 0 Å². The fraction of sp³-hybridized carbons (Fsp3) is 0.500. The van der Waals surface area contributed by atoms with Gasteiger partial charge in [-0.3, -0.25) is 4.79 Å². The molecule has 2 heteroatoms. The van der Waals surface area contributed by atoms with Crippen molar-refractivity contribution in [2.45, 2.75) is 25.7 Å². The Morgan fingerprint density at radius 2 is 2.12 bits per heavy atom. The topological polar surface area (TPSA) is 26.3 Å². The maximum Gasteiger partial charge on any atom is 0.138 e. The lowest BCUT2D eigenvalue weighted by molar-refractivity contribution is -0.124. The fourth-order valence-corrected chi connectivity index (χ4v) is 2.38. The van der Waals surface area contributed by atoms with Crippen LogP contribution in [-0.2, 0) is 22.4 Å². The summed E-state index contributed by atoms with van der Waals surface area (Å²) in [5, 5.41) is 0. The molecule has 1 aliphatic rings. The molecule has 0 bridgehead atoms. The van der Waals surface area contributed by atoms with E-state index in [1.807, 2.05) is 0 Å². The molecule has 16 heavy (non-hydrogen) atoms. The smallest absolute Gasteiger partial charge is 0.138 e. The number of hydrogen-bond acceptors (Lipinski definition) is 2. The van der Waals surface area contributed by atoms with E-state index in [0.29, 0.717) is 18.8 Å². The Hall–Kier alpha value is -1.15. The standard InChI is InChI=1S/C14H18O2/c1-16-9-8-14(15)13-7-6-11-4-2-3-5-12(11)10-13/h2-5,13H,6-10H2,1H3. The molecule has 0 radical (unpaired) electrons. The van der Waals surface area contributed by atoms with Gasteiger partial charge in [-0.25, -0.2) is 0 Å². The highest BCUT2D eigenvalue weighted by Gasteiger charge is 2.23. The molecular formula is C14H18O2. The van der Waals surface area contributed by atoms with Crippen LogP contribution in [0.5, 0.6) is 0 Å². The molecule has 0 amide bonds. The summed E-state index contributed by atoms with van der Waals surface area (Å²) in [4.78, 5) is 11.9. The predicted molar refractivity (Wildman–Crippen MR) is 63.5 cm³/mol. The Morgan fingerprint density at radius 1 is 1.38 bits per heavy atom. The highest BCUT2D eigenvalue weighted by molar-refractivity contribution is 5.81. The molecule has 0 spiro atoms. The van der Waals surface area contributed by atoms with Gasteiger partial charge in [0, 0.05) is 19.4 Å². The van der Waals surface area contributed by atoms with Crippen molar-refractivity contribution in [2.24, 2.45) is 5.92 Å². The van der Waals surface area contributed by atoms with E-state index in [-0.39, 0.29) is 5.92 Å². The lowest BCUT2D eigenvalue weighted by atomic mass is 9.81. The van der Waals surface area contributed by atoms with Crippen LogP contribution < -0.4 is 0 Å². The molecule has 1 unspecified atom stereocenters. The van der Waals surface area contributed by atoms with Crippen LogP contribution >= 0.6 is 0 Å². The number of benzene rings is 1. The molecule has 1 aromatic rings. The van der Waals surface area contributed by atoms with Crippen molar-refractivity contribution in [2.75, 3.05) is 13.7 Å². The van der Waals surface area contributed by atoms with Gasteiger partial charge < -0.3 is 4.74 Å². The number of aryl methyl sites for hydroxylation is 1. The first-order valence-corrected chi connectivity index (χ1v) is 5.89. The van der Waals surface area contributed by atoms with Gasteiger partial charge >= 0.3 is 0 Å². The van der Waals surface area contributed by atoms with Crippen molar-refractivity contribution in [3.63, 3.8) is 0 Å². The van der Waals surface area contributed by atoms with Gasteiger partial charge in [0.25, 0.3) is 0 Å². The van der Waals surface area contributed by atoms with Gasteiger partial charge in [0.2, 0.25) is 0 Å². The molecule has 86 valence electrons. The molecule has 2 nitrogen and oxygen atoms in total. The minimum absolute atomic E-state index is 0.213. The third kappa shape index (κ3) is 2.50. The molecule has 0 aliphatic heterocycles. The van der Waals surface area contributed by atoms with Gasteiger partial charge in [0.05, 0.1) is 6.61 Å². The number of fused-ring (bicyclic) bond motifs is 1. The Morgan fingerprint density at radius 3 is 2.88 bits per heavy atom. The van der Waals surface area contributed by atoms with E-state index < -0.39 is 0 Å². The number of carbonyl (C=O) groups is 1. The van der Waals surface area contributed by atoms with Crippen molar-refractivity contribution in [3.05, 3.63) is 35.4 Å². The second-order valence-corrected chi connectivity index (χ2v) is 4.42. The monoisotopic (exact) mass is 218 g/mol. The predicted octanol–water partition coefficient (Wildman–Crippen LogP) is 2.40. The maximum absolute atomic E-state index is 11.9. The number of ketones is 1. The Balaban J connectivity index is 1.99. The zero-order chi connectivity index (χ0) is 11.4. The minimum atomic E-state index is 0.213. The Bertz CT molecular complexity index is 371. The molecule has 2 rings (SSSR count). The minimum Gasteiger partial charge on any atom is -0.384 e. The Kier molecular flexibility index (Phi) is 3.73. The van der Waals surface area contributed by atoms with Gasteiger partial charge in [-0.15, -0.1) is 0 Å². The first kappa shape index (κ1) is 11.3. The molecule has 0 heterocycles. The summed E-state index contributed by atoms with van der Waals surface area (Å²) < 4.78 is 4.95. The third-order valence-corrected chi connectivity index (χ3v) is 3.35.